The molecule has 20 heavy (non-hydrogen) atoms. The van der Waals surface area contributed by atoms with Gasteiger partial charge in [-0.15, -0.1) is 0 Å². The van der Waals surface area contributed by atoms with Crippen molar-refractivity contribution < 1.29 is 4.79 Å². The molecule has 3 heterocycles. The topological polar surface area (TPSA) is 59.8 Å². The summed E-state index contributed by atoms with van der Waals surface area (Å²) in [6, 6.07) is 7.24. The minimum Gasteiger partial charge on any atom is -0.283 e. The van der Waals surface area contributed by atoms with E-state index in [0.717, 1.165) is 16.1 Å². The van der Waals surface area contributed by atoms with Crippen LogP contribution in [0.2, 0.25) is 0 Å². The van der Waals surface area contributed by atoms with Crippen molar-refractivity contribution in [2.45, 2.75) is 6.92 Å². The van der Waals surface area contributed by atoms with Gasteiger partial charge in [0.15, 0.2) is 5.13 Å². The third kappa shape index (κ3) is 2.46. The van der Waals surface area contributed by atoms with Crippen LogP contribution in [0.1, 0.15) is 5.69 Å². The Bertz CT molecular complexity index is 719. The number of hydrogen-bond acceptors (Lipinski definition) is 4. The number of carbonyl (C=O) groups is 1. The van der Waals surface area contributed by atoms with Crippen molar-refractivity contribution in [3.8, 4) is 10.4 Å². The van der Waals surface area contributed by atoms with Crippen LogP contribution in [0.3, 0.4) is 0 Å². The minimum absolute atomic E-state index is 0.218. The molecular formula is C14H12N4OS. The van der Waals surface area contributed by atoms with E-state index in [9.17, 15) is 4.79 Å². The van der Waals surface area contributed by atoms with Gasteiger partial charge >= 0.3 is 6.03 Å². The van der Waals surface area contributed by atoms with Gasteiger partial charge in [-0.3, -0.25) is 14.9 Å². The van der Waals surface area contributed by atoms with Crippen LogP contribution in [0.5, 0.6) is 0 Å². The zero-order chi connectivity index (χ0) is 13.9. The minimum atomic E-state index is -0.218. The standard InChI is InChI=1S/C14H12N4OS/c1-10-12(11-4-6-15-7-5-11)20-13(16-10)17-14(19)18-8-2-3-9-18/h2-9H,1H3,(H,16,17,19). The molecule has 100 valence electrons. The van der Waals surface area contributed by atoms with Crippen molar-refractivity contribution in [1.82, 2.24) is 14.5 Å². The lowest BCUT2D eigenvalue weighted by atomic mass is 10.2. The molecule has 1 amide bonds. The van der Waals surface area contributed by atoms with Crippen molar-refractivity contribution in [2.24, 2.45) is 0 Å². The van der Waals surface area contributed by atoms with Crippen LogP contribution in [0.25, 0.3) is 10.4 Å². The molecule has 0 fully saturated rings. The molecule has 5 nitrogen and oxygen atoms in total. The van der Waals surface area contributed by atoms with Gasteiger partial charge in [0, 0.05) is 24.8 Å². The summed E-state index contributed by atoms with van der Waals surface area (Å²) in [5, 5.41) is 3.38. The lowest BCUT2D eigenvalue weighted by Crippen LogP contribution is -2.17. The fraction of sp³-hybridized carbons (Fsp3) is 0.0714. The number of rotatable bonds is 2. The maximum absolute atomic E-state index is 11.9. The first-order chi connectivity index (χ1) is 9.74. The Morgan fingerprint density at radius 1 is 1.25 bits per heavy atom. The van der Waals surface area contributed by atoms with Gasteiger partial charge in [-0.05, 0) is 36.8 Å². The molecule has 0 aromatic carbocycles. The average molecular weight is 284 g/mol. The Labute approximate surface area is 119 Å². The van der Waals surface area contributed by atoms with Crippen molar-refractivity contribution in [1.29, 1.82) is 0 Å². The van der Waals surface area contributed by atoms with Gasteiger partial charge in [0.1, 0.15) is 0 Å². The third-order valence-electron chi connectivity index (χ3n) is 2.79. The molecule has 3 rings (SSSR count). The van der Waals surface area contributed by atoms with Crippen molar-refractivity contribution in [3.05, 3.63) is 54.7 Å². The van der Waals surface area contributed by atoms with Crippen LogP contribution in [-0.2, 0) is 0 Å². The fourth-order valence-electron chi connectivity index (χ4n) is 1.85. The number of nitrogens with zero attached hydrogens (tertiary/aromatic N) is 3. The molecule has 0 aliphatic rings. The van der Waals surface area contributed by atoms with Crippen LogP contribution in [0.15, 0.2) is 49.1 Å². The average Bonchev–Trinajstić information content (AvgIpc) is 3.09. The molecular weight excluding hydrogens is 272 g/mol. The molecule has 0 spiro atoms. The van der Waals surface area contributed by atoms with E-state index in [0.29, 0.717) is 5.13 Å². The molecule has 0 radical (unpaired) electrons. The molecule has 3 aromatic rings. The van der Waals surface area contributed by atoms with Gasteiger partial charge in [-0.1, -0.05) is 11.3 Å². The summed E-state index contributed by atoms with van der Waals surface area (Å²) in [6.45, 7) is 1.93. The first kappa shape index (κ1) is 12.6. The Kier molecular flexibility index (Phi) is 3.30. The zero-order valence-electron chi connectivity index (χ0n) is 10.8. The number of carbonyl (C=O) groups excluding carboxylic acids is 1. The summed E-state index contributed by atoms with van der Waals surface area (Å²) in [6.07, 6.45) is 6.87. The molecule has 0 saturated heterocycles. The predicted octanol–water partition coefficient (Wildman–Crippen LogP) is 3.40. The Hall–Kier alpha value is -2.47. The lowest BCUT2D eigenvalue weighted by molar-refractivity contribution is 0.253. The summed E-state index contributed by atoms with van der Waals surface area (Å²) in [5.74, 6) is 0. The van der Waals surface area contributed by atoms with E-state index in [1.165, 1.54) is 15.9 Å². The maximum Gasteiger partial charge on any atom is 0.331 e. The predicted molar refractivity (Wildman–Crippen MR) is 78.9 cm³/mol. The van der Waals surface area contributed by atoms with Gasteiger partial charge in [0.2, 0.25) is 0 Å². The molecule has 0 unspecified atom stereocenters. The van der Waals surface area contributed by atoms with Gasteiger partial charge in [-0.2, -0.15) is 0 Å². The van der Waals surface area contributed by atoms with Crippen molar-refractivity contribution in [3.63, 3.8) is 0 Å². The highest BCUT2D eigenvalue weighted by atomic mass is 32.1. The molecule has 0 bridgehead atoms. The molecule has 0 saturated carbocycles. The van der Waals surface area contributed by atoms with Crippen LogP contribution in [-0.4, -0.2) is 20.6 Å². The smallest absolute Gasteiger partial charge is 0.283 e. The summed E-state index contributed by atoms with van der Waals surface area (Å²) >= 11 is 1.45. The maximum atomic E-state index is 11.9. The second kappa shape index (κ2) is 5.26. The zero-order valence-corrected chi connectivity index (χ0v) is 11.6. The molecule has 0 atom stereocenters. The number of thiazole rings is 1. The van der Waals surface area contributed by atoms with E-state index in [1.54, 1.807) is 36.9 Å². The van der Waals surface area contributed by atoms with E-state index in [1.807, 2.05) is 19.1 Å². The Balaban J connectivity index is 1.85. The van der Waals surface area contributed by atoms with E-state index in [4.69, 9.17) is 0 Å². The van der Waals surface area contributed by atoms with E-state index in [-0.39, 0.29) is 6.03 Å². The SMILES string of the molecule is Cc1nc(NC(=O)n2cccc2)sc1-c1ccncc1. The van der Waals surface area contributed by atoms with E-state index >= 15 is 0 Å². The normalized spacial score (nSPS) is 10.4. The number of nitrogens with one attached hydrogen (secondary N) is 1. The van der Waals surface area contributed by atoms with Gasteiger partial charge < -0.3 is 0 Å². The molecule has 0 aliphatic heterocycles. The highest BCUT2D eigenvalue weighted by molar-refractivity contribution is 7.19. The van der Waals surface area contributed by atoms with E-state index < -0.39 is 0 Å². The van der Waals surface area contributed by atoms with E-state index in [2.05, 4.69) is 15.3 Å². The fourth-order valence-corrected chi connectivity index (χ4v) is 2.81. The quantitative estimate of drug-likeness (QED) is 0.784. The van der Waals surface area contributed by atoms with Gasteiger partial charge in [0.05, 0.1) is 10.6 Å². The monoisotopic (exact) mass is 284 g/mol. The van der Waals surface area contributed by atoms with Gasteiger partial charge in [-0.25, -0.2) is 9.78 Å². The van der Waals surface area contributed by atoms with Crippen LogP contribution in [0, 0.1) is 6.92 Å². The first-order valence-corrected chi connectivity index (χ1v) is 6.88. The number of pyridine rings is 1. The number of aryl methyl sites for hydroxylation is 1. The number of amides is 1. The summed E-state index contributed by atoms with van der Waals surface area (Å²) < 4.78 is 1.48. The second-order valence-corrected chi connectivity index (χ2v) is 5.19. The Morgan fingerprint density at radius 3 is 2.65 bits per heavy atom. The molecule has 3 aromatic heterocycles. The lowest BCUT2D eigenvalue weighted by Gasteiger charge is -2.01. The Morgan fingerprint density at radius 2 is 1.95 bits per heavy atom. The summed E-state index contributed by atoms with van der Waals surface area (Å²) in [5.41, 5.74) is 1.94. The summed E-state index contributed by atoms with van der Waals surface area (Å²) in [4.78, 5) is 21.4. The van der Waals surface area contributed by atoms with Crippen molar-refractivity contribution in [2.75, 3.05) is 5.32 Å². The second-order valence-electron chi connectivity index (χ2n) is 4.19. The highest BCUT2D eigenvalue weighted by Crippen LogP contribution is 2.32. The molecule has 6 heteroatoms. The van der Waals surface area contributed by atoms with Gasteiger partial charge in [0.25, 0.3) is 0 Å². The number of aromatic nitrogens is 3. The molecule has 0 aliphatic carbocycles. The van der Waals surface area contributed by atoms with Crippen LogP contribution in [0.4, 0.5) is 9.93 Å². The van der Waals surface area contributed by atoms with Crippen LogP contribution < -0.4 is 5.32 Å². The largest absolute Gasteiger partial charge is 0.331 e. The number of hydrogen-bond donors (Lipinski definition) is 1. The van der Waals surface area contributed by atoms with Crippen molar-refractivity contribution >= 4 is 22.5 Å². The highest BCUT2D eigenvalue weighted by Gasteiger charge is 2.12. The van der Waals surface area contributed by atoms with Crippen LogP contribution >= 0.6 is 11.3 Å². The summed E-state index contributed by atoms with van der Waals surface area (Å²) in [7, 11) is 0. The first-order valence-electron chi connectivity index (χ1n) is 6.06. The molecule has 1 N–H and O–H groups in total. The third-order valence-corrected chi connectivity index (χ3v) is 3.91. The number of anilines is 1.